The van der Waals surface area contributed by atoms with Crippen molar-refractivity contribution in [1.29, 1.82) is 0 Å². The second-order valence-corrected chi connectivity index (χ2v) is 3.73. The topological polar surface area (TPSA) is 40.2 Å². The van der Waals surface area contributed by atoms with Crippen molar-refractivity contribution in [2.45, 2.75) is 32.3 Å². The van der Waals surface area contributed by atoms with Gasteiger partial charge in [-0.25, -0.2) is 0 Å². The maximum absolute atomic E-state index is 11.7. The molecule has 0 fully saturated rings. The van der Waals surface area contributed by atoms with E-state index in [9.17, 15) is 13.2 Å². The van der Waals surface area contributed by atoms with Gasteiger partial charge in [-0.15, -0.1) is 13.2 Å². The van der Waals surface area contributed by atoms with E-state index in [-0.39, 0.29) is 19.2 Å². The lowest BCUT2D eigenvalue weighted by Crippen LogP contribution is -2.18. The summed E-state index contributed by atoms with van der Waals surface area (Å²) >= 11 is 0. The van der Waals surface area contributed by atoms with Crippen LogP contribution in [0.2, 0.25) is 0 Å². The van der Waals surface area contributed by atoms with Gasteiger partial charge in [0, 0.05) is 25.0 Å². The average molecular weight is 236 g/mol. The van der Waals surface area contributed by atoms with Crippen LogP contribution in [0.15, 0.2) is 18.5 Å². The lowest BCUT2D eigenvalue weighted by molar-refractivity contribution is -0.325. The van der Waals surface area contributed by atoms with Crippen LogP contribution in [-0.2, 0) is 17.7 Å². The molecule has 6 heteroatoms. The Hall–Kier alpha value is -1.01. The van der Waals surface area contributed by atoms with Gasteiger partial charge in [0.05, 0.1) is 6.61 Å². The normalized spacial score (nSPS) is 14.1. The lowest BCUT2D eigenvalue weighted by atomic mass is 10.1. The van der Waals surface area contributed by atoms with Crippen LogP contribution in [0.4, 0.5) is 13.2 Å². The van der Waals surface area contributed by atoms with Gasteiger partial charge in [-0.1, -0.05) is 0 Å². The largest absolute Gasteiger partial charge is 0.522 e. The molecule has 3 nitrogen and oxygen atoms in total. The molecule has 0 aliphatic carbocycles. The van der Waals surface area contributed by atoms with E-state index in [0.29, 0.717) is 6.42 Å². The van der Waals surface area contributed by atoms with Gasteiger partial charge in [-0.05, 0) is 25.0 Å². The first-order chi connectivity index (χ1) is 7.37. The highest BCUT2D eigenvalue weighted by Crippen LogP contribution is 2.16. The minimum atomic E-state index is -4.55. The van der Waals surface area contributed by atoms with E-state index >= 15 is 0 Å². The number of aromatic nitrogens is 1. The van der Waals surface area contributed by atoms with Gasteiger partial charge >= 0.3 is 6.36 Å². The third-order valence-corrected chi connectivity index (χ3v) is 1.98. The van der Waals surface area contributed by atoms with Crippen molar-refractivity contribution in [2.75, 3.05) is 6.61 Å². The van der Waals surface area contributed by atoms with Crippen LogP contribution in [-0.4, -0.2) is 23.6 Å². The molecule has 16 heavy (non-hydrogen) atoms. The SMILES string of the molecule is CC(N)Cc1ccn(CCOC(F)(F)F)c1. The number of halogens is 3. The van der Waals surface area contributed by atoms with Crippen LogP contribution in [0.25, 0.3) is 0 Å². The highest BCUT2D eigenvalue weighted by molar-refractivity contribution is 5.11. The molecule has 0 amide bonds. The van der Waals surface area contributed by atoms with Gasteiger partial charge in [0.15, 0.2) is 0 Å². The van der Waals surface area contributed by atoms with Crippen molar-refractivity contribution in [3.8, 4) is 0 Å². The number of rotatable bonds is 5. The number of alkyl halides is 3. The molecule has 0 radical (unpaired) electrons. The summed E-state index contributed by atoms with van der Waals surface area (Å²) in [4.78, 5) is 0. The fraction of sp³-hybridized carbons (Fsp3) is 0.600. The van der Waals surface area contributed by atoms with Crippen molar-refractivity contribution in [1.82, 2.24) is 4.57 Å². The predicted molar refractivity (Wildman–Crippen MR) is 53.8 cm³/mol. The van der Waals surface area contributed by atoms with Crippen LogP contribution >= 0.6 is 0 Å². The van der Waals surface area contributed by atoms with Gasteiger partial charge in [-0.3, -0.25) is 4.74 Å². The Balaban J connectivity index is 2.35. The number of hydrogen-bond donors (Lipinski definition) is 1. The van der Waals surface area contributed by atoms with E-state index in [2.05, 4.69) is 4.74 Å². The molecule has 1 rings (SSSR count). The molecule has 1 aromatic heterocycles. The summed E-state index contributed by atoms with van der Waals surface area (Å²) < 4.78 is 40.4. The molecule has 0 bridgehead atoms. The van der Waals surface area contributed by atoms with Crippen LogP contribution < -0.4 is 5.73 Å². The molecular formula is C10H15F3N2O. The van der Waals surface area contributed by atoms with E-state index in [4.69, 9.17) is 5.73 Å². The van der Waals surface area contributed by atoms with Crippen LogP contribution in [0.5, 0.6) is 0 Å². The summed E-state index contributed by atoms with van der Waals surface area (Å²) in [5.41, 5.74) is 6.62. The van der Waals surface area contributed by atoms with Crippen molar-refractivity contribution >= 4 is 0 Å². The first kappa shape index (κ1) is 13.1. The number of hydrogen-bond acceptors (Lipinski definition) is 2. The monoisotopic (exact) mass is 236 g/mol. The fourth-order valence-electron chi connectivity index (χ4n) is 1.39. The Morgan fingerprint density at radius 1 is 1.50 bits per heavy atom. The zero-order chi connectivity index (χ0) is 12.2. The molecule has 2 N–H and O–H groups in total. The molecule has 92 valence electrons. The van der Waals surface area contributed by atoms with Gasteiger partial charge in [-0.2, -0.15) is 0 Å². The van der Waals surface area contributed by atoms with Crippen LogP contribution in [0, 0.1) is 0 Å². The van der Waals surface area contributed by atoms with Crippen LogP contribution in [0.1, 0.15) is 12.5 Å². The van der Waals surface area contributed by atoms with Gasteiger partial charge < -0.3 is 10.3 Å². The molecular weight excluding hydrogens is 221 g/mol. The molecule has 0 aromatic carbocycles. The first-order valence-electron chi connectivity index (χ1n) is 4.98. The van der Waals surface area contributed by atoms with Crippen molar-refractivity contribution in [3.63, 3.8) is 0 Å². The Bertz CT molecular complexity index is 320. The third-order valence-electron chi connectivity index (χ3n) is 1.98. The van der Waals surface area contributed by atoms with E-state index in [0.717, 1.165) is 5.56 Å². The summed E-state index contributed by atoms with van der Waals surface area (Å²) in [6.45, 7) is 1.68. The van der Waals surface area contributed by atoms with E-state index in [1.165, 1.54) is 0 Å². The van der Waals surface area contributed by atoms with E-state index in [1.54, 1.807) is 17.0 Å². The molecule has 0 spiro atoms. The Morgan fingerprint density at radius 2 is 2.19 bits per heavy atom. The molecule has 0 aliphatic heterocycles. The number of nitrogens with two attached hydrogens (primary N) is 1. The highest BCUT2D eigenvalue weighted by atomic mass is 19.4. The van der Waals surface area contributed by atoms with Gasteiger partial charge in [0.2, 0.25) is 0 Å². The summed E-state index contributed by atoms with van der Waals surface area (Å²) in [6.07, 6.45) is -0.338. The standard InChI is InChI=1S/C10H15F3N2O/c1-8(14)6-9-2-3-15(7-9)4-5-16-10(11,12)13/h2-3,7-8H,4-6,14H2,1H3. The molecule has 1 aromatic rings. The first-order valence-corrected chi connectivity index (χ1v) is 4.98. The van der Waals surface area contributed by atoms with Crippen LogP contribution in [0.3, 0.4) is 0 Å². The maximum atomic E-state index is 11.7. The molecule has 0 saturated heterocycles. The minimum Gasteiger partial charge on any atom is -0.352 e. The highest BCUT2D eigenvalue weighted by Gasteiger charge is 2.28. The smallest absolute Gasteiger partial charge is 0.352 e. The summed E-state index contributed by atoms with van der Waals surface area (Å²) in [6, 6.07) is 1.89. The third kappa shape index (κ3) is 5.18. The zero-order valence-electron chi connectivity index (χ0n) is 9.00. The van der Waals surface area contributed by atoms with Gasteiger partial charge in [0.1, 0.15) is 0 Å². The second kappa shape index (κ2) is 5.36. The Morgan fingerprint density at radius 3 is 2.75 bits per heavy atom. The lowest BCUT2D eigenvalue weighted by Gasteiger charge is -2.07. The summed E-state index contributed by atoms with van der Waals surface area (Å²) in [5.74, 6) is 0. The Kier molecular flexibility index (Phi) is 4.37. The van der Waals surface area contributed by atoms with Crippen molar-refractivity contribution in [3.05, 3.63) is 24.0 Å². The molecule has 1 unspecified atom stereocenters. The summed E-state index contributed by atoms with van der Waals surface area (Å²) in [5, 5.41) is 0. The van der Waals surface area contributed by atoms with Gasteiger partial charge in [0.25, 0.3) is 0 Å². The van der Waals surface area contributed by atoms with Crippen molar-refractivity contribution in [2.24, 2.45) is 5.73 Å². The summed E-state index contributed by atoms with van der Waals surface area (Å²) in [7, 11) is 0. The molecule has 1 heterocycles. The quantitative estimate of drug-likeness (QED) is 0.848. The second-order valence-electron chi connectivity index (χ2n) is 3.73. The Labute approximate surface area is 92.0 Å². The average Bonchev–Trinajstić information content (AvgIpc) is 2.49. The van der Waals surface area contributed by atoms with E-state index < -0.39 is 6.36 Å². The van der Waals surface area contributed by atoms with Crippen molar-refractivity contribution < 1.29 is 17.9 Å². The predicted octanol–water partition coefficient (Wildman–Crippen LogP) is 1.91. The molecule has 1 atom stereocenters. The molecule has 0 saturated carbocycles. The zero-order valence-corrected chi connectivity index (χ0v) is 9.00. The minimum absolute atomic E-state index is 0.0438. The number of ether oxygens (including phenoxy) is 1. The fourth-order valence-corrected chi connectivity index (χ4v) is 1.39. The number of nitrogens with zero attached hydrogens (tertiary/aromatic N) is 1. The maximum Gasteiger partial charge on any atom is 0.522 e. The van der Waals surface area contributed by atoms with E-state index in [1.807, 2.05) is 13.0 Å². The molecule has 0 aliphatic rings.